The molecule has 0 spiro atoms. The maximum absolute atomic E-state index is 13.8. The topological polar surface area (TPSA) is 41.6 Å². The number of para-hydroxylation sites is 1. The van der Waals surface area contributed by atoms with Crippen molar-refractivity contribution in [3.05, 3.63) is 101 Å². The van der Waals surface area contributed by atoms with Crippen LogP contribution in [-0.4, -0.2) is 37.6 Å². The van der Waals surface area contributed by atoms with Crippen LogP contribution in [0.3, 0.4) is 0 Å². The second-order valence-corrected chi connectivity index (χ2v) is 9.22. The Kier molecular flexibility index (Phi) is 7.96. The van der Waals surface area contributed by atoms with E-state index >= 15 is 0 Å². The monoisotopic (exact) mass is 460 g/mol. The number of rotatable bonds is 8. The fraction of sp³-hybridized carbons (Fsp3) is 0.345. The van der Waals surface area contributed by atoms with Crippen molar-refractivity contribution in [3.8, 4) is 5.75 Å². The number of carbonyl (C=O) groups excluding carboxylic acids is 1. The molecule has 0 unspecified atom stereocenters. The number of carbonyl (C=O) groups is 1. The van der Waals surface area contributed by atoms with Crippen molar-refractivity contribution < 1.29 is 13.9 Å². The van der Waals surface area contributed by atoms with Gasteiger partial charge in [0.25, 0.3) is 0 Å². The highest BCUT2D eigenvalue weighted by atomic mass is 19.1. The lowest BCUT2D eigenvalue weighted by Gasteiger charge is -2.37. The van der Waals surface area contributed by atoms with E-state index in [4.69, 9.17) is 4.74 Å². The maximum atomic E-state index is 13.8. The predicted octanol–water partition coefficient (Wildman–Crippen LogP) is 5.11. The average Bonchev–Trinajstić information content (AvgIpc) is 2.84. The summed E-state index contributed by atoms with van der Waals surface area (Å²) in [6.45, 7) is 4.81. The maximum Gasteiger partial charge on any atom is 0.224 e. The molecular weight excluding hydrogens is 427 g/mol. The molecule has 4 nitrogen and oxygen atoms in total. The minimum absolute atomic E-state index is 0.0801. The summed E-state index contributed by atoms with van der Waals surface area (Å²) in [5, 5.41) is 3.15. The fourth-order valence-electron chi connectivity index (χ4n) is 4.94. The zero-order valence-corrected chi connectivity index (χ0v) is 20.0. The van der Waals surface area contributed by atoms with Gasteiger partial charge in [-0.05, 0) is 60.6 Å². The lowest BCUT2D eigenvalue weighted by molar-refractivity contribution is -0.127. The average molecular weight is 461 g/mol. The van der Waals surface area contributed by atoms with Crippen molar-refractivity contribution in [2.75, 3.05) is 26.7 Å². The van der Waals surface area contributed by atoms with Gasteiger partial charge >= 0.3 is 0 Å². The van der Waals surface area contributed by atoms with Crippen LogP contribution in [0.15, 0.2) is 72.8 Å². The summed E-state index contributed by atoms with van der Waals surface area (Å²) in [5.74, 6) is 0.833. The first-order valence-electron chi connectivity index (χ1n) is 11.9. The third-order valence-electron chi connectivity index (χ3n) is 6.59. The van der Waals surface area contributed by atoms with E-state index in [0.717, 1.165) is 36.3 Å². The van der Waals surface area contributed by atoms with E-state index in [1.807, 2.05) is 30.3 Å². The van der Waals surface area contributed by atoms with Crippen molar-refractivity contribution >= 4 is 5.91 Å². The van der Waals surface area contributed by atoms with Crippen LogP contribution in [0.25, 0.3) is 0 Å². The van der Waals surface area contributed by atoms with E-state index < -0.39 is 0 Å². The van der Waals surface area contributed by atoms with Crippen LogP contribution in [0.5, 0.6) is 5.75 Å². The summed E-state index contributed by atoms with van der Waals surface area (Å²) in [7, 11) is 1.66. The van der Waals surface area contributed by atoms with Crippen molar-refractivity contribution in [3.63, 3.8) is 0 Å². The molecule has 0 bridgehead atoms. The van der Waals surface area contributed by atoms with Crippen LogP contribution in [-0.2, 0) is 17.8 Å². The highest BCUT2D eigenvalue weighted by Gasteiger charge is 2.32. The largest absolute Gasteiger partial charge is 0.496 e. The number of methoxy groups -OCH3 is 1. The van der Waals surface area contributed by atoms with E-state index in [1.54, 1.807) is 19.2 Å². The second-order valence-electron chi connectivity index (χ2n) is 9.22. The number of halogens is 1. The lowest BCUT2D eigenvalue weighted by Crippen LogP contribution is -2.45. The molecule has 2 atom stereocenters. The molecule has 1 heterocycles. The normalized spacial score (nSPS) is 18.4. The summed E-state index contributed by atoms with van der Waals surface area (Å²) in [5.41, 5.74) is 4.49. The van der Waals surface area contributed by atoms with Crippen LogP contribution in [0.4, 0.5) is 4.39 Å². The highest BCUT2D eigenvalue weighted by molar-refractivity contribution is 5.79. The molecule has 0 aromatic heterocycles. The first kappa shape index (κ1) is 24.0. The van der Waals surface area contributed by atoms with E-state index in [1.165, 1.54) is 17.2 Å². The molecule has 0 saturated carbocycles. The van der Waals surface area contributed by atoms with Crippen LogP contribution >= 0.6 is 0 Å². The van der Waals surface area contributed by atoms with E-state index in [-0.39, 0.29) is 23.6 Å². The zero-order chi connectivity index (χ0) is 23.9. The smallest absolute Gasteiger partial charge is 0.224 e. The van der Waals surface area contributed by atoms with Gasteiger partial charge in [0.1, 0.15) is 11.6 Å². The quantitative estimate of drug-likeness (QED) is 0.508. The van der Waals surface area contributed by atoms with Crippen molar-refractivity contribution in [1.29, 1.82) is 0 Å². The van der Waals surface area contributed by atoms with Gasteiger partial charge in [-0.25, -0.2) is 4.39 Å². The molecule has 1 saturated heterocycles. The molecule has 178 valence electrons. The van der Waals surface area contributed by atoms with Gasteiger partial charge < -0.3 is 10.1 Å². The Morgan fingerprint density at radius 3 is 2.68 bits per heavy atom. The number of ether oxygens (including phenoxy) is 1. The van der Waals surface area contributed by atoms with E-state index in [0.29, 0.717) is 19.6 Å². The van der Waals surface area contributed by atoms with Gasteiger partial charge in [0, 0.05) is 26.2 Å². The van der Waals surface area contributed by atoms with Gasteiger partial charge in [-0.2, -0.15) is 0 Å². The predicted molar refractivity (Wildman–Crippen MR) is 133 cm³/mol. The summed E-state index contributed by atoms with van der Waals surface area (Å²) in [4.78, 5) is 15.5. The Morgan fingerprint density at radius 1 is 1.06 bits per heavy atom. The first-order chi connectivity index (χ1) is 16.5. The molecular formula is C29H33FN2O2. The van der Waals surface area contributed by atoms with E-state index in [2.05, 4.69) is 41.4 Å². The number of piperidine rings is 1. The Balaban J connectivity index is 1.45. The Bertz CT molecular complexity index is 1120. The molecule has 34 heavy (non-hydrogen) atoms. The summed E-state index contributed by atoms with van der Waals surface area (Å²) in [6, 6.07) is 23.2. The van der Waals surface area contributed by atoms with Crippen LogP contribution in [0.2, 0.25) is 0 Å². The number of hydrogen-bond donors (Lipinski definition) is 1. The lowest BCUT2D eigenvalue weighted by atomic mass is 9.83. The van der Waals surface area contributed by atoms with Gasteiger partial charge in [-0.1, -0.05) is 60.2 Å². The third-order valence-corrected chi connectivity index (χ3v) is 6.59. The van der Waals surface area contributed by atoms with Gasteiger partial charge in [0.2, 0.25) is 5.91 Å². The Labute approximate surface area is 201 Å². The number of benzene rings is 3. The molecule has 1 fully saturated rings. The summed E-state index contributed by atoms with van der Waals surface area (Å²) >= 11 is 0. The van der Waals surface area contributed by atoms with Gasteiger partial charge in [-0.3, -0.25) is 9.69 Å². The van der Waals surface area contributed by atoms with Crippen molar-refractivity contribution in [2.45, 2.75) is 32.2 Å². The van der Waals surface area contributed by atoms with Gasteiger partial charge in [0.05, 0.1) is 13.0 Å². The molecule has 0 aliphatic carbocycles. The standard InChI is InChI=1S/C29H33FN2O2/c1-21-7-5-10-24(15-21)25-17-26(20-32(19-25)18-22-8-6-11-27(30)16-22)29(33)31-14-13-23-9-3-4-12-28(23)34-2/h3-12,15-16,25-26H,13-14,17-20H2,1-2H3,(H,31,33)/t25-,26+/m0/s1. The molecule has 1 aliphatic rings. The van der Waals surface area contributed by atoms with Gasteiger partial charge in [0.15, 0.2) is 0 Å². The number of nitrogens with one attached hydrogen (secondary N) is 1. The minimum Gasteiger partial charge on any atom is -0.496 e. The molecule has 3 aromatic rings. The molecule has 1 amide bonds. The fourth-order valence-corrected chi connectivity index (χ4v) is 4.94. The van der Waals surface area contributed by atoms with Crippen molar-refractivity contribution in [1.82, 2.24) is 10.2 Å². The molecule has 4 rings (SSSR count). The number of hydrogen-bond acceptors (Lipinski definition) is 3. The number of nitrogens with zero attached hydrogens (tertiary/aromatic N) is 1. The Morgan fingerprint density at radius 2 is 1.88 bits per heavy atom. The second kappa shape index (κ2) is 11.3. The van der Waals surface area contributed by atoms with Gasteiger partial charge in [-0.15, -0.1) is 0 Å². The minimum atomic E-state index is -0.227. The zero-order valence-electron chi connectivity index (χ0n) is 20.0. The van der Waals surface area contributed by atoms with Crippen molar-refractivity contribution in [2.24, 2.45) is 5.92 Å². The number of aryl methyl sites for hydroxylation is 1. The highest BCUT2D eigenvalue weighted by Crippen LogP contribution is 2.32. The van der Waals surface area contributed by atoms with Crippen LogP contribution in [0, 0.1) is 18.7 Å². The number of likely N-dealkylation sites (tertiary alicyclic amines) is 1. The Hall–Kier alpha value is -3.18. The SMILES string of the molecule is COc1ccccc1CCNC(=O)[C@@H]1C[C@H](c2cccc(C)c2)CN(Cc2cccc(F)c2)C1. The van der Waals surface area contributed by atoms with E-state index in [9.17, 15) is 9.18 Å². The molecule has 3 aromatic carbocycles. The molecule has 1 N–H and O–H groups in total. The molecule has 1 aliphatic heterocycles. The van der Waals surface area contributed by atoms with Crippen LogP contribution < -0.4 is 10.1 Å². The number of amides is 1. The molecule has 5 heteroatoms. The van der Waals surface area contributed by atoms with Crippen LogP contribution in [0.1, 0.15) is 34.6 Å². The third kappa shape index (κ3) is 6.23. The summed E-state index contributed by atoms with van der Waals surface area (Å²) in [6.07, 6.45) is 1.53. The summed E-state index contributed by atoms with van der Waals surface area (Å²) < 4.78 is 19.2. The first-order valence-corrected chi connectivity index (χ1v) is 11.9. The molecule has 0 radical (unpaired) electrons.